The van der Waals surface area contributed by atoms with Crippen molar-refractivity contribution in [2.75, 3.05) is 26.3 Å². The van der Waals surface area contributed by atoms with Gasteiger partial charge in [-0.3, -0.25) is 0 Å². The first kappa shape index (κ1) is 23.6. The molecule has 0 aromatic heterocycles. The third-order valence-electron chi connectivity index (χ3n) is 5.50. The number of nitrogens with one attached hydrogen (secondary N) is 2. The molecule has 172 valence electrons. The van der Waals surface area contributed by atoms with Gasteiger partial charge in [-0.25, -0.2) is 9.59 Å². The normalized spacial score (nSPS) is 23.2. The van der Waals surface area contributed by atoms with Crippen molar-refractivity contribution in [2.24, 2.45) is 5.92 Å². The molecule has 1 aromatic rings. The molecule has 0 saturated carbocycles. The highest BCUT2D eigenvalue weighted by molar-refractivity contribution is 5.97. The highest BCUT2D eigenvalue weighted by Crippen LogP contribution is 2.32. The van der Waals surface area contributed by atoms with Crippen LogP contribution in [0.4, 0.5) is 0 Å². The van der Waals surface area contributed by atoms with E-state index in [2.05, 4.69) is 10.6 Å². The van der Waals surface area contributed by atoms with Crippen LogP contribution in [0, 0.1) is 5.92 Å². The van der Waals surface area contributed by atoms with E-state index in [0.717, 1.165) is 37.9 Å². The minimum absolute atomic E-state index is 0.200. The number of hydrogen-bond donors (Lipinski definition) is 4. The molecule has 3 rings (SSSR count). The van der Waals surface area contributed by atoms with Crippen molar-refractivity contribution < 1.29 is 29.3 Å². The predicted molar refractivity (Wildman–Crippen MR) is 119 cm³/mol. The summed E-state index contributed by atoms with van der Waals surface area (Å²) in [7, 11) is 0. The molecular weight excluding hydrogens is 412 g/mol. The monoisotopic (exact) mass is 442 g/mol. The fraction of sp³-hybridized carbons (Fsp3) is 0.417. The predicted octanol–water partition coefficient (Wildman–Crippen LogP) is 2.44. The minimum atomic E-state index is -1.72. The summed E-state index contributed by atoms with van der Waals surface area (Å²) >= 11 is 0. The summed E-state index contributed by atoms with van der Waals surface area (Å²) in [5.74, 6) is -2.25. The number of allylic oxidation sites excluding steroid dienone is 2. The Morgan fingerprint density at radius 1 is 1.22 bits per heavy atom. The lowest BCUT2D eigenvalue weighted by Crippen LogP contribution is -2.53. The van der Waals surface area contributed by atoms with E-state index < -0.39 is 23.2 Å². The van der Waals surface area contributed by atoms with Gasteiger partial charge >= 0.3 is 11.9 Å². The molecule has 0 bridgehead atoms. The van der Waals surface area contributed by atoms with Crippen LogP contribution in [0.3, 0.4) is 0 Å². The molecule has 0 radical (unpaired) electrons. The van der Waals surface area contributed by atoms with Crippen molar-refractivity contribution in [1.29, 1.82) is 0 Å². The van der Waals surface area contributed by atoms with E-state index in [1.165, 1.54) is 6.20 Å². The first-order chi connectivity index (χ1) is 15.5. The maximum absolute atomic E-state index is 12.1. The number of rotatable bonds is 11. The van der Waals surface area contributed by atoms with Gasteiger partial charge in [-0.05, 0) is 56.1 Å². The molecule has 0 amide bonds. The highest BCUT2D eigenvalue weighted by Gasteiger charge is 2.46. The van der Waals surface area contributed by atoms with Crippen molar-refractivity contribution in [3.05, 3.63) is 71.7 Å². The third-order valence-corrected chi connectivity index (χ3v) is 5.50. The van der Waals surface area contributed by atoms with Crippen LogP contribution in [-0.4, -0.2) is 54.2 Å². The zero-order valence-corrected chi connectivity index (χ0v) is 18.0. The molecule has 4 N–H and O–H groups in total. The van der Waals surface area contributed by atoms with Crippen LogP contribution in [-0.2, 0) is 25.5 Å². The SMILES string of the molecule is O=C(O)/C=C(/C(=O)O)[C@@]1(OCCCc2ccccc2)NC=CC=C1OCC1CCCNC1. The zero-order chi connectivity index (χ0) is 22.8. The van der Waals surface area contributed by atoms with E-state index in [1.54, 1.807) is 12.2 Å². The number of ether oxygens (including phenoxy) is 2. The molecule has 8 heteroatoms. The highest BCUT2D eigenvalue weighted by atomic mass is 16.6. The number of carboxylic acid groups (broad SMARTS) is 2. The molecule has 0 spiro atoms. The van der Waals surface area contributed by atoms with Gasteiger partial charge in [0.15, 0.2) is 5.76 Å². The summed E-state index contributed by atoms with van der Waals surface area (Å²) in [5, 5.41) is 25.4. The van der Waals surface area contributed by atoms with Gasteiger partial charge in [0.2, 0.25) is 5.72 Å². The van der Waals surface area contributed by atoms with Crippen molar-refractivity contribution in [1.82, 2.24) is 10.6 Å². The van der Waals surface area contributed by atoms with E-state index in [-0.39, 0.29) is 18.3 Å². The summed E-state index contributed by atoms with van der Waals surface area (Å²) in [4.78, 5) is 23.5. The van der Waals surface area contributed by atoms with Crippen molar-refractivity contribution >= 4 is 11.9 Å². The molecule has 2 atom stereocenters. The fourth-order valence-corrected chi connectivity index (χ4v) is 3.90. The molecule has 2 heterocycles. The maximum atomic E-state index is 12.1. The van der Waals surface area contributed by atoms with Crippen LogP contribution >= 0.6 is 0 Å². The second-order valence-corrected chi connectivity index (χ2v) is 7.88. The standard InChI is InChI=1S/C24H30N2O6/c27-22(28)15-20(23(29)30)24(32-14-6-10-18-7-2-1-3-8-18)21(11-5-13-26-24)31-17-19-9-4-12-25-16-19/h1-3,5,7-8,11,13,15,19,25-26H,4,6,9-10,12,14,16-17H2,(H,27,28)(H,29,30)/b20-15-/t19?,24-/m0/s1. The van der Waals surface area contributed by atoms with Crippen LogP contribution in [0.2, 0.25) is 0 Å². The molecule has 32 heavy (non-hydrogen) atoms. The smallest absolute Gasteiger partial charge is 0.337 e. The Labute approximate surface area is 187 Å². The van der Waals surface area contributed by atoms with Crippen molar-refractivity contribution in [3.8, 4) is 0 Å². The van der Waals surface area contributed by atoms with Gasteiger partial charge in [0.25, 0.3) is 0 Å². The number of piperidine rings is 1. The molecule has 2 aliphatic heterocycles. The fourth-order valence-electron chi connectivity index (χ4n) is 3.90. The van der Waals surface area contributed by atoms with Gasteiger partial charge in [0.05, 0.1) is 13.2 Å². The second kappa shape index (κ2) is 11.5. The molecule has 1 unspecified atom stereocenters. The Kier molecular flexibility index (Phi) is 8.47. The van der Waals surface area contributed by atoms with Crippen LogP contribution in [0.1, 0.15) is 24.8 Å². The van der Waals surface area contributed by atoms with Crippen LogP contribution in [0.5, 0.6) is 0 Å². The topological polar surface area (TPSA) is 117 Å². The summed E-state index contributed by atoms with van der Waals surface area (Å²) in [6, 6.07) is 9.88. The average molecular weight is 443 g/mol. The Hall–Kier alpha value is -3.10. The van der Waals surface area contributed by atoms with E-state index in [4.69, 9.17) is 9.47 Å². The Morgan fingerprint density at radius 3 is 2.72 bits per heavy atom. The van der Waals surface area contributed by atoms with E-state index in [1.807, 2.05) is 30.3 Å². The van der Waals surface area contributed by atoms with Crippen molar-refractivity contribution in [3.63, 3.8) is 0 Å². The summed E-state index contributed by atoms with van der Waals surface area (Å²) < 4.78 is 12.1. The van der Waals surface area contributed by atoms with E-state index >= 15 is 0 Å². The number of carbonyl (C=O) groups is 2. The average Bonchev–Trinajstić information content (AvgIpc) is 2.80. The molecule has 1 fully saturated rings. The molecule has 2 aliphatic rings. The van der Waals surface area contributed by atoms with Crippen LogP contribution in [0.25, 0.3) is 0 Å². The largest absolute Gasteiger partial charge is 0.492 e. The number of carboxylic acids is 2. The van der Waals surface area contributed by atoms with E-state index in [9.17, 15) is 19.8 Å². The number of aryl methyl sites for hydroxylation is 1. The zero-order valence-electron chi connectivity index (χ0n) is 18.0. The minimum Gasteiger partial charge on any atom is -0.492 e. The third kappa shape index (κ3) is 6.21. The summed E-state index contributed by atoms with van der Waals surface area (Å²) in [5.41, 5.74) is -1.03. The van der Waals surface area contributed by atoms with Gasteiger partial charge < -0.3 is 30.3 Å². The first-order valence-electron chi connectivity index (χ1n) is 10.9. The Morgan fingerprint density at radius 2 is 2.03 bits per heavy atom. The lowest BCUT2D eigenvalue weighted by Gasteiger charge is -2.38. The molecule has 0 aliphatic carbocycles. The summed E-state index contributed by atoms with van der Waals surface area (Å²) in [6.45, 7) is 2.37. The first-order valence-corrected chi connectivity index (χ1v) is 10.9. The van der Waals surface area contributed by atoms with Gasteiger partial charge in [-0.1, -0.05) is 30.3 Å². The van der Waals surface area contributed by atoms with Crippen molar-refractivity contribution in [2.45, 2.75) is 31.4 Å². The van der Waals surface area contributed by atoms with Crippen LogP contribution < -0.4 is 10.6 Å². The number of aliphatic carboxylic acids is 2. The number of benzene rings is 1. The summed E-state index contributed by atoms with van der Waals surface area (Å²) in [6.07, 6.45) is 8.91. The molecule has 8 nitrogen and oxygen atoms in total. The lowest BCUT2D eigenvalue weighted by molar-refractivity contribution is -0.139. The molecule has 1 aromatic carbocycles. The quantitative estimate of drug-likeness (QED) is 0.305. The number of dihydropyridines is 1. The van der Waals surface area contributed by atoms with E-state index in [0.29, 0.717) is 19.1 Å². The second-order valence-electron chi connectivity index (χ2n) is 7.88. The van der Waals surface area contributed by atoms with Crippen LogP contribution in [0.15, 0.2) is 66.1 Å². The lowest BCUT2D eigenvalue weighted by atomic mass is 9.96. The Balaban J connectivity index is 1.79. The van der Waals surface area contributed by atoms with Gasteiger partial charge in [-0.15, -0.1) is 0 Å². The number of hydrogen-bond acceptors (Lipinski definition) is 6. The molecule has 1 saturated heterocycles. The van der Waals surface area contributed by atoms with Gasteiger partial charge in [-0.2, -0.15) is 0 Å². The Bertz CT molecular complexity index is 874. The molecular formula is C24H30N2O6. The van der Waals surface area contributed by atoms with Gasteiger partial charge in [0, 0.05) is 18.5 Å². The maximum Gasteiger partial charge on any atom is 0.337 e. The van der Waals surface area contributed by atoms with Gasteiger partial charge in [0.1, 0.15) is 5.57 Å².